The van der Waals surface area contributed by atoms with E-state index in [0.29, 0.717) is 33.0 Å². The maximum atomic E-state index is 2.84. The van der Waals surface area contributed by atoms with Gasteiger partial charge >= 0.3 is 0 Å². The molecule has 0 amide bonds. The molecule has 0 radical (unpaired) electrons. The predicted molar refractivity (Wildman–Crippen MR) is 151 cm³/mol. The molecule has 0 bridgehead atoms. The molecule has 4 aliphatic rings. The Morgan fingerprint density at radius 3 is 1.09 bits per heavy atom. The molecule has 4 saturated heterocycles. The van der Waals surface area contributed by atoms with Gasteiger partial charge in [-0.2, -0.15) is 0 Å². The number of rotatable bonds is 5. The maximum absolute atomic E-state index is 2.84. The Balaban J connectivity index is 1.23. The summed E-state index contributed by atoms with van der Waals surface area (Å²) in [7, 11) is 0. The molecule has 2 spiro atoms. The molecule has 0 aromatic carbocycles. The fourth-order valence-corrected chi connectivity index (χ4v) is 7.57. The van der Waals surface area contributed by atoms with Crippen molar-refractivity contribution in [1.82, 2.24) is 19.6 Å². The smallest absolute Gasteiger partial charge is 0.0153 e. The van der Waals surface area contributed by atoms with E-state index >= 15 is 0 Å². The van der Waals surface area contributed by atoms with Crippen LogP contribution in [0.15, 0.2) is 0 Å². The first-order chi connectivity index (χ1) is 16.0. The average Bonchev–Trinajstić information content (AvgIpc) is 3.14. The number of hydrogen-bond acceptors (Lipinski definition) is 4. The Morgan fingerprint density at radius 1 is 0.429 bits per heavy atom. The molecule has 4 heteroatoms. The molecule has 0 N–H and O–H groups in total. The van der Waals surface area contributed by atoms with Crippen molar-refractivity contribution in [3.05, 3.63) is 0 Å². The van der Waals surface area contributed by atoms with E-state index in [1.165, 1.54) is 97.3 Å². The molecule has 0 atom stereocenters. The van der Waals surface area contributed by atoms with Crippen molar-refractivity contribution in [3.63, 3.8) is 0 Å². The van der Waals surface area contributed by atoms with E-state index < -0.39 is 0 Å². The first-order valence-corrected chi connectivity index (χ1v) is 15.0. The van der Waals surface area contributed by atoms with E-state index in [1.807, 2.05) is 0 Å². The van der Waals surface area contributed by atoms with Gasteiger partial charge in [0.25, 0.3) is 0 Å². The van der Waals surface area contributed by atoms with Gasteiger partial charge in [-0.1, -0.05) is 0 Å². The van der Waals surface area contributed by atoms with E-state index in [-0.39, 0.29) is 0 Å². The summed E-state index contributed by atoms with van der Waals surface area (Å²) in [5.74, 6) is 0. The second-order valence-corrected chi connectivity index (χ2v) is 16.5. The molecule has 4 fully saturated rings. The second-order valence-electron chi connectivity index (χ2n) is 16.5. The van der Waals surface area contributed by atoms with Gasteiger partial charge in [0.05, 0.1) is 0 Å². The first kappa shape index (κ1) is 27.9. The van der Waals surface area contributed by atoms with Crippen LogP contribution in [0.1, 0.15) is 114 Å². The molecule has 4 heterocycles. The standard InChI is InChI=1S/C31H60N4/c1-26(2,3)34-22-15-30(23-34)13-18-32(19-14-30)28(7,8)11-12-29(9,10)33-20-16-31(17-21-33)24-35(25-31)27(4,5)6/h11-25H2,1-10H3. The Bertz CT molecular complexity index is 716. The quantitative estimate of drug-likeness (QED) is 0.463. The molecule has 0 aromatic rings. The van der Waals surface area contributed by atoms with Crippen molar-refractivity contribution in [2.75, 3.05) is 52.4 Å². The van der Waals surface area contributed by atoms with E-state index in [1.54, 1.807) is 0 Å². The van der Waals surface area contributed by atoms with Crippen LogP contribution in [-0.2, 0) is 0 Å². The normalized spacial score (nSPS) is 27.6. The predicted octanol–water partition coefficient (Wildman–Crippen LogP) is 6.11. The van der Waals surface area contributed by atoms with Gasteiger partial charge in [0.15, 0.2) is 0 Å². The lowest BCUT2D eigenvalue weighted by atomic mass is 9.69. The Labute approximate surface area is 219 Å². The zero-order valence-electron chi connectivity index (χ0n) is 25.4. The summed E-state index contributed by atoms with van der Waals surface area (Å²) in [6.45, 7) is 34.8. The van der Waals surface area contributed by atoms with E-state index in [9.17, 15) is 0 Å². The van der Waals surface area contributed by atoms with Gasteiger partial charge < -0.3 is 0 Å². The third-order valence-electron chi connectivity index (χ3n) is 11.1. The minimum Gasteiger partial charge on any atom is -0.298 e. The number of likely N-dealkylation sites (tertiary alicyclic amines) is 4. The third kappa shape index (κ3) is 5.96. The van der Waals surface area contributed by atoms with Crippen LogP contribution in [0.4, 0.5) is 0 Å². The fraction of sp³-hybridized carbons (Fsp3) is 1.00. The third-order valence-corrected chi connectivity index (χ3v) is 11.1. The van der Waals surface area contributed by atoms with Crippen LogP contribution in [-0.4, -0.2) is 94.1 Å². The molecule has 0 aliphatic carbocycles. The van der Waals surface area contributed by atoms with Gasteiger partial charge in [-0.25, -0.2) is 0 Å². The van der Waals surface area contributed by atoms with Gasteiger partial charge in [-0.15, -0.1) is 0 Å². The van der Waals surface area contributed by atoms with Gasteiger partial charge in [-0.3, -0.25) is 19.6 Å². The highest BCUT2D eigenvalue weighted by molar-refractivity contribution is 5.04. The summed E-state index contributed by atoms with van der Waals surface area (Å²) in [6, 6.07) is 0. The summed E-state index contributed by atoms with van der Waals surface area (Å²) in [4.78, 5) is 11.1. The fourth-order valence-electron chi connectivity index (χ4n) is 7.57. The van der Waals surface area contributed by atoms with Gasteiger partial charge in [-0.05, 0) is 158 Å². The minimum atomic E-state index is 0.305. The van der Waals surface area contributed by atoms with Crippen molar-refractivity contribution in [3.8, 4) is 0 Å². The lowest BCUT2D eigenvalue weighted by molar-refractivity contribution is -0.102. The monoisotopic (exact) mass is 488 g/mol. The second kappa shape index (κ2) is 9.24. The largest absolute Gasteiger partial charge is 0.298 e. The van der Waals surface area contributed by atoms with Crippen molar-refractivity contribution in [2.24, 2.45) is 10.8 Å². The van der Waals surface area contributed by atoms with Crippen LogP contribution in [0.2, 0.25) is 0 Å². The maximum Gasteiger partial charge on any atom is 0.0153 e. The van der Waals surface area contributed by atoms with Crippen LogP contribution in [0, 0.1) is 10.8 Å². The minimum absolute atomic E-state index is 0.305. The number of piperidine rings is 2. The van der Waals surface area contributed by atoms with Crippen LogP contribution in [0.5, 0.6) is 0 Å². The summed E-state index contributed by atoms with van der Waals surface area (Å²) in [5, 5.41) is 0. The topological polar surface area (TPSA) is 13.0 Å². The summed E-state index contributed by atoms with van der Waals surface area (Å²) in [5.41, 5.74) is 2.48. The summed E-state index contributed by atoms with van der Waals surface area (Å²) in [6.07, 6.45) is 9.60. The van der Waals surface area contributed by atoms with Crippen LogP contribution < -0.4 is 0 Å². The van der Waals surface area contributed by atoms with Crippen molar-refractivity contribution in [2.45, 2.75) is 136 Å². The Kier molecular flexibility index (Phi) is 7.36. The first-order valence-electron chi connectivity index (χ1n) is 15.0. The SMILES string of the molecule is CC(C)(C)N1CCC2(CCN(C(C)(C)CCC(C)(C)N3CCC4(CC3)CN(C(C)(C)C)C4)CC2)C1. The average molecular weight is 489 g/mol. The number of nitrogens with zero attached hydrogens (tertiary/aromatic N) is 4. The van der Waals surface area contributed by atoms with Gasteiger partial charge in [0.2, 0.25) is 0 Å². The van der Waals surface area contributed by atoms with E-state index in [2.05, 4.69) is 88.8 Å². The summed E-state index contributed by atoms with van der Waals surface area (Å²) < 4.78 is 0. The lowest BCUT2D eigenvalue weighted by Gasteiger charge is -2.60. The molecule has 0 aromatic heterocycles. The van der Waals surface area contributed by atoms with Crippen LogP contribution >= 0.6 is 0 Å². The molecule has 0 saturated carbocycles. The highest BCUT2D eigenvalue weighted by Crippen LogP contribution is 2.46. The highest BCUT2D eigenvalue weighted by atomic mass is 15.3. The molecule has 4 nitrogen and oxygen atoms in total. The van der Waals surface area contributed by atoms with Crippen LogP contribution in [0.25, 0.3) is 0 Å². The molecule has 204 valence electrons. The highest BCUT2D eigenvalue weighted by Gasteiger charge is 2.49. The lowest BCUT2D eigenvalue weighted by Crippen LogP contribution is -2.66. The van der Waals surface area contributed by atoms with Crippen molar-refractivity contribution in [1.29, 1.82) is 0 Å². The Hall–Kier alpha value is -0.160. The molecule has 0 unspecified atom stereocenters. The molecule has 35 heavy (non-hydrogen) atoms. The molecular weight excluding hydrogens is 428 g/mol. The summed E-state index contributed by atoms with van der Waals surface area (Å²) >= 11 is 0. The zero-order valence-corrected chi connectivity index (χ0v) is 25.4. The van der Waals surface area contributed by atoms with Gasteiger partial charge in [0, 0.05) is 41.8 Å². The van der Waals surface area contributed by atoms with Crippen LogP contribution in [0.3, 0.4) is 0 Å². The zero-order chi connectivity index (χ0) is 25.9. The van der Waals surface area contributed by atoms with E-state index in [4.69, 9.17) is 0 Å². The molecule has 4 aliphatic heterocycles. The molecular formula is C31H60N4. The van der Waals surface area contributed by atoms with E-state index in [0.717, 1.165) is 0 Å². The molecule has 4 rings (SSSR count). The van der Waals surface area contributed by atoms with Crippen molar-refractivity contribution >= 4 is 0 Å². The van der Waals surface area contributed by atoms with Gasteiger partial charge in [0.1, 0.15) is 0 Å². The van der Waals surface area contributed by atoms with Crippen molar-refractivity contribution < 1.29 is 0 Å². The Morgan fingerprint density at radius 2 is 0.743 bits per heavy atom. The number of hydrogen-bond donors (Lipinski definition) is 0.